The second-order valence-electron chi connectivity index (χ2n) is 16.4. The predicted molar refractivity (Wildman–Crippen MR) is 276 cm³/mol. The number of hydrogen-bond donors (Lipinski definition) is 0. The number of nitrogens with zero attached hydrogens (tertiary/aromatic N) is 1. The van der Waals surface area contributed by atoms with Crippen molar-refractivity contribution in [2.45, 2.75) is 0 Å². The highest BCUT2D eigenvalue weighted by molar-refractivity contribution is 7.26. The Morgan fingerprint density at radius 1 is 0.250 bits per heavy atom. The van der Waals surface area contributed by atoms with E-state index >= 15 is 0 Å². The van der Waals surface area contributed by atoms with Crippen LogP contribution in [-0.4, -0.2) is 0 Å². The van der Waals surface area contributed by atoms with E-state index in [1.807, 2.05) is 11.3 Å². The van der Waals surface area contributed by atoms with Gasteiger partial charge < -0.3 is 4.90 Å². The predicted octanol–water partition coefficient (Wildman–Crippen LogP) is 18.2. The maximum Gasteiger partial charge on any atom is 0.0540 e. The fraction of sp³-hybridized carbons (Fsp3) is 0. The van der Waals surface area contributed by atoms with Gasteiger partial charge in [0.15, 0.2) is 0 Å². The summed E-state index contributed by atoms with van der Waals surface area (Å²) in [5.74, 6) is 0. The van der Waals surface area contributed by atoms with Crippen LogP contribution in [0.1, 0.15) is 0 Å². The van der Waals surface area contributed by atoms with Gasteiger partial charge in [-0.3, -0.25) is 0 Å². The lowest BCUT2D eigenvalue weighted by molar-refractivity contribution is 1.28. The van der Waals surface area contributed by atoms with Crippen molar-refractivity contribution < 1.29 is 0 Å². The summed E-state index contributed by atoms with van der Waals surface area (Å²) in [6.45, 7) is 0. The Balaban J connectivity index is 0.925. The zero-order chi connectivity index (χ0) is 42.4. The molecule has 64 heavy (non-hydrogen) atoms. The molecule has 0 saturated heterocycles. The molecule has 0 atom stereocenters. The third kappa shape index (κ3) is 6.73. The van der Waals surface area contributed by atoms with E-state index < -0.39 is 0 Å². The molecule has 1 aromatic heterocycles. The van der Waals surface area contributed by atoms with Gasteiger partial charge in [-0.15, -0.1) is 11.3 Å². The Morgan fingerprint density at radius 3 is 1.19 bits per heavy atom. The highest BCUT2D eigenvalue weighted by Crippen LogP contribution is 2.46. The number of anilines is 3. The van der Waals surface area contributed by atoms with Crippen molar-refractivity contribution in [1.29, 1.82) is 0 Å². The molecular formula is C62H41NS. The van der Waals surface area contributed by atoms with Crippen LogP contribution in [0.5, 0.6) is 0 Å². The summed E-state index contributed by atoms with van der Waals surface area (Å²) >= 11 is 1.88. The Bertz CT molecular complexity index is 3460. The fourth-order valence-corrected chi connectivity index (χ4v) is 10.8. The van der Waals surface area contributed by atoms with Crippen LogP contribution >= 0.6 is 11.3 Å². The third-order valence-electron chi connectivity index (χ3n) is 12.7. The summed E-state index contributed by atoms with van der Waals surface area (Å²) in [4.78, 5) is 2.42. The van der Waals surface area contributed by atoms with Gasteiger partial charge in [0, 0.05) is 42.7 Å². The number of rotatable bonds is 8. The average Bonchev–Trinajstić information content (AvgIpc) is 3.76. The quantitative estimate of drug-likeness (QED) is 0.147. The van der Waals surface area contributed by atoms with Crippen LogP contribution in [0, 0.1) is 0 Å². The zero-order valence-electron chi connectivity index (χ0n) is 35.0. The van der Waals surface area contributed by atoms with Crippen LogP contribution < -0.4 is 4.90 Å². The monoisotopic (exact) mass is 831 g/mol. The summed E-state index contributed by atoms with van der Waals surface area (Å²) in [6, 6.07) is 90.8. The van der Waals surface area contributed by atoms with Crippen LogP contribution in [0.3, 0.4) is 0 Å². The van der Waals surface area contributed by atoms with Gasteiger partial charge in [-0.25, -0.2) is 0 Å². The van der Waals surface area contributed by atoms with Crippen LogP contribution in [0.25, 0.3) is 97.4 Å². The smallest absolute Gasteiger partial charge is 0.0540 e. The molecule has 1 nitrogen and oxygen atoms in total. The summed E-state index contributed by atoms with van der Waals surface area (Å²) in [5, 5.41) is 7.66. The number of fused-ring (bicyclic) bond motifs is 5. The molecule has 2 heteroatoms. The molecule has 11 aromatic carbocycles. The topological polar surface area (TPSA) is 3.24 Å². The molecule has 0 aliphatic carbocycles. The van der Waals surface area contributed by atoms with Gasteiger partial charge in [-0.05, 0) is 102 Å². The van der Waals surface area contributed by atoms with Crippen molar-refractivity contribution in [2.75, 3.05) is 4.90 Å². The molecule has 0 amide bonds. The summed E-state index contributed by atoms with van der Waals surface area (Å²) in [5.41, 5.74) is 15.4. The van der Waals surface area contributed by atoms with Gasteiger partial charge in [-0.1, -0.05) is 212 Å². The highest BCUT2D eigenvalue weighted by atomic mass is 32.1. The molecule has 0 bridgehead atoms. The first-order chi connectivity index (χ1) is 31.7. The van der Waals surface area contributed by atoms with Gasteiger partial charge in [0.2, 0.25) is 0 Å². The first-order valence-electron chi connectivity index (χ1n) is 21.9. The number of benzene rings is 11. The van der Waals surface area contributed by atoms with E-state index in [0.29, 0.717) is 0 Å². The first kappa shape index (κ1) is 37.7. The van der Waals surface area contributed by atoms with E-state index in [1.165, 1.54) is 97.4 Å². The third-order valence-corrected chi connectivity index (χ3v) is 13.9. The molecule has 0 aliphatic rings. The van der Waals surface area contributed by atoms with Gasteiger partial charge in [0.25, 0.3) is 0 Å². The summed E-state index contributed by atoms with van der Waals surface area (Å²) < 4.78 is 2.61. The van der Waals surface area contributed by atoms with Crippen molar-refractivity contribution in [2.24, 2.45) is 0 Å². The van der Waals surface area contributed by atoms with Crippen LogP contribution in [0.2, 0.25) is 0 Å². The molecule has 12 rings (SSSR count). The lowest BCUT2D eigenvalue weighted by Crippen LogP contribution is -2.11. The van der Waals surface area contributed by atoms with Crippen molar-refractivity contribution in [1.82, 2.24) is 0 Å². The molecule has 300 valence electrons. The molecule has 0 spiro atoms. The van der Waals surface area contributed by atoms with Crippen molar-refractivity contribution >= 4 is 70.1 Å². The first-order valence-corrected chi connectivity index (χ1v) is 22.7. The Kier molecular flexibility index (Phi) is 9.43. The van der Waals surface area contributed by atoms with Crippen LogP contribution in [-0.2, 0) is 0 Å². The molecule has 0 saturated carbocycles. The Hall–Kier alpha value is -8.04. The van der Waals surface area contributed by atoms with Gasteiger partial charge in [0.1, 0.15) is 0 Å². The lowest BCUT2D eigenvalue weighted by Gasteiger charge is -2.28. The van der Waals surface area contributed by atoms with Crippen molar-refractivity contribution in [3.8, 4) is 55.6 Å². The molecule has 0 N–H and O–H groups in total. The minimum atomic E-state index is 1.10. The minimum absolute atomic E-state index is 1.10. The number of para-hydroxylation sites is 1. The molecular weight excluding hydrogens is 791 g/mol. The second kappa shape index (κ2) is 16.0. The Morgan fingerprint density at radius 2 is 0.625 bits per heavy atom. The second-order valence-corrected chi connectivity index (χ2v) is 17.5. The average molecular weight is 832 g/mol. The molecule has 0 aliphatic heterocycles. The molecule has 12 aromatic rings. The molecule has 1 heterocycles. The van der Waals surface area contributed by atoms with E-state index in [1.54, 1.807) is 0 Å². The van der Waals surface area contributed by atoms with Crippen molar-refractivity contribution in [3.05, 3.63) is 249 Å². The largest absolute Gasteiger partial charge is 0.310 e. The van der Waals surface area contributed by atoms with E-state index in [-0.39, 0.29) is 0 Å². The zero-order valence-corrected chi connectivity index (χ0v) is 35.8. The normalized spacial score (nSPS) is 11.4. The number of hydrogen-bond acceptors (Lipinski definition) is 2. The standard InChI is InChI=1S/C62H41NS/c1-3-16-52-46(12-1)14-9-20-54(52)48-30-26-42(27-31-48)44-34-38-50(39-35-44)63(60-24-7-5-18-56(60)58-22-11-23-59-57-19-6-8-25-61(57)64-62(58)59)51-40-36-45(37-41-51)43-28-32-49(33-29-43)55-21-10-15-47-13-2-4-17-53(47)55/h1-41H. The number of thiophene rings is 1. The lowest BCUT2D eigenvalue weighted by atomic mass is 9.96. The van der Waals surface area contributed by atoms with Crippen molar-refractivity contribution in [3.63, 3.8) is 0 Å². The van der Waals surface area contributed by atoms with E-state index in [9.17, 15) is 0 Å². The van der Waals surface area contributed by atoms with Gasteiger partial charge >= 0.3 is 0 Å². The molecule has 0 fully saturated rings. The summed E-state index contributed by atoms with van der Waals surface area (Å²) in [7, 11) is 0. The van der Waals surface area contributed by atoms with E-state index in [4.69, 9.17) is 0 Å². The highest BCUT2D eigenvalue weighted by Gasteiger charge is 2.20. The van der Waals surface area contributed by atoms with E-state index in [0.717, 1.165) is 17.1 Å². The fourth-order valence-electron chi connectivity index (χ4n) is 9.53. The van der Waals surface area contributed by atoms with E-state index in [2.05, 4.69) is 254 Å². The van der Waals surface area contributed by atoms with Crippen LogP contribution in [0.4, 0.5) is 17.1 Å². The maximum absolute atomic E-state index is 2.42. The maximum atomic E-state index is 2.42. The minimum Gasteiger partial charge on any atom is -0.310 e. The summed E-state index contributed by atoms with van der Waals surface area (Å²) in [6.07, 6.45) is 0. The Labute approximate surface area is 377 Å². The SMILES string of the molecule is c1ccc(N(c2ccc(-c3ccc(-c4cccc5ccccc45)cc3)cc2)c2ccc(-c3ccc(-c4cccc5ccccc45)cc3)cc2)c(-c2cccc3c2sc2ccccc23)c1. The van der Waals surface area contributed by atoms with Gasteiger partial charge in [-0.2, -0.15) is 0 Å². The molecule has 0 unspecified atom stereocenters. The molecule has 0 radical (unpaired) electrons. The van der Waals surface area contributed by atoms with Crippen LogP contribution in [0.15, 0.2) is 249 Å². The van der Waals surface area contributed by atoms with Gasteiger partial charge in [0.05, 0.1) is 5.69 Å².